The molecular weight excluding hydrogens is 262 g/mol. The highest BCUT2D eigenvalue weighted by atomic mass is 16.2. The Morgan fingerprint density at radius 2 is 1.86 bits per heavy atom. The highest BCUT2D eigenvalue weighted by Gasteiger charge is 2.26. The van der Waals surface area contributed by atoms with Gasteiger partial charge in [-0.25, -0.2) is 0 Å². The summed E-state index contributed by atoms with van der Waals surface area (Å²) < 4.78 is 0. The number of nitrogens with two attached hydrogens (primary N) is 1. The van der Waals surface area contributed by atoms with Gasteiger partial charge in [-0.1, -0.05) is 12.1 Å². The molecule has 1 fully saturated rings. The van der Waals surface area contributed by atoms with E-state index in [0.29, 0.717) is 5.69 Å². The molecule has 0 spiro atoms. The second kappa shape index (κ2) is 6.31. The quantitative estimate of drug-likeness (QED) is 0.670. The smallest absolute Gasteiger partial charge is 0.246 e. The van der Waals surface area contributed by atoms with Crippen LogP contribution in [-0.2, 0) is 4.79 Å². The summed E-state index contributed by atoms with van der Waals surface area (Å²) in [5, 5.41) is 0. The molecule has 0 saturated carbocycles. The SMILES string of the molecule is CC(C)(C)N1CCN(C(=O)/C=C/c2cccc(N)c2)CC1. The standard InChI is InChI=1S/C17H25N3O/c1-17(2,3)20-11-9-19(10-12-20)16(21)8-7-14-5-4-6-15(18)13-14/h4-8,13H,9-12,18H2,1-3H3/b8-7+. The molecule has 0 aliphatic carbocycles. The summed E-state index contributed by atoms with van der Waals surface area (Å²) >= 11 is 0. The number of carbonyl (C=O) groups is 1. The lowest BCUT2D eigenvalue weighted by Crippen LogP contribution is -2.54. The van der Waals surface area contributed by atoms with E-state index in [2.05, 4.69) is 25.7 Å². The number of piperazine rings is 1. The molecule has 4 heteroatoms. The molecule has 21 heavy (non-hydrogen) atoms. The van der Waals surface area contributed by atoms with Gasteiger partial charge in [-0.2, -0.15) is 0 Å². The molecule has 0 aromatic heterocycles. The summed E-state index contributed by atoms with van der Waals surface area (Å²) in [6.07, 6.45) is 3.47. The van der Waals surface area contributed by atoms with Gasteiger partial charge in [0.2, 0.25) is 5.91 Å². The third-order valence-electron chi connectivity index (χ3n) is 3.87. The summed E-state index contributed by atoms with van der Waals surface area (Å²) in [5.74, 6) is 0.0750. The Labute approximate surface area is 127 Å². The third-order valence-corrected chi connectivity index (χ3v) is 3.87. The summed E-state index contributed by atoms with van der Waals surface area (Å²) in [4.78, 5) is 16.5. The minimum atomic E-state index is 0.0750. The molecule has 1 saturated heterocycles. The van der Waals surface area contributed by atoms with Crippen LogP contribution in [0.2, 0.25) is 0 Å². The zero-order chi connectivity index (χ0) is 15.5. The topological polar surface area (TPSA) is 49.6 Å². The second-order valence-corrected chi connectivity index (χ2v) is 6.49. The van der Waals surface area contributed by atoms with Crippen LogP contribution >= 0.6 is 0 Å². The first kappa shape index (κ1) is 15.6. The molecule has 2 rings (SSSR count). The van der Waals surface area contributed by atoms with Gasteiger partial charge in [0.25, 0.3) is 0 Å². The summed E-state index contributed by atoms with van der Waals surface area (Å²) in [6.45, 7) is 10.1. The van der Waals surface area contributed by atoms with Crippen molar-refractivity contribution in [2.24, 2.45) is 0 Å². The molecule has 2 N–H and O–H groups in total. The lowest BCUT2D eigenvalue weighted by Gasteiger charge is -2.42. The molecule has 0 atom stereocenters. The molecule has 0 unspecified atom stereocenters. The average molecular weight is 287 g/mol. The number of nitrogens with zero attached hydrogens (tertiary/aromatic N) is 2. The van der Waals surface area contributed by atoms with Crippen molar-refractivity contribution in [2.45, 2.75) is 26.3 Å². The van der Waals surface area contributed by atoms with Crippen LogP contribution in [-0.4, -0.2) is 47.4 Å². The fourth-order valence-corrected chi connectivity index (χ4v) is 2.53. The van der Waals surface area contributed by atoms with Crippen LogP contribution in [0.1, 0.15) is 26.3 Å². The van der Waals surface area contributed by atoms with Crippen molar-refractivity contribution in [1.29, 1.82) is 0 Å². The van der Waals surface area contributed by atoms with Crippen LogP contribution in [0.15, 0.2) is 30.3 Å². The summed E-state index contributed by atoms with van der Waals surface area (Å²) in [7, 11) is 0. The first-order valence-corrected chi connectivity index (χ1v) is 7.44. The van der Waals surface area contributed by atoms with Gasteiger partial charge >= 0.3 is 0 Å². The van der Waals surface area contributed by atoms with E-state index in [-0.39, 0.29) is 11.4 Å². The third kappa shape index (κ3) is 4.33. The van der Waals surface area contributed by atoms with E-state index in [1.807, 2.05) is 35.2 Å². The summed E-state index contributed by atoms with van der Waals surface area (Å²) in [6, 6.07) is 7.53. The molecule has 1 aliphatic rings. The van der Waals surface area contributed by atoms with Crippen LogP contribution in [0.25, 0.3) is 6.08 Å². The Balaban J connectivity index is 1.91. The number of anilines is 1. The molecule has 1 heterocycles. The molecule has 0 bridgehead atoms. The number of amides is 1. The highest BCUT2D eigenvalue weighted by molar-refractivity contribution is 5.92. The van der Waals surface area contributed by atoms with E-state index in [4.69, 9.17) is 5.73 Å². The van der Waals surface area contributed by atoms with Crippen LogP contribution < -0.4 is 5.73 Å². The first-order valence-electron chi connectivity index (χ1n) is 7.44. The van der Waals surface area contributed by atoms with E-state index < -0.39 is 0 Å². The van der Waals surface area contributed by atoms with Crippen molar-refractivity contribution in [3.63, 3.8) is 0 Å². The van der Waals surface area contributed by atoms with E-state index in [9.17, 15) is 4.79 Å². The minimum Gasteiger partial charge on any atom is -0.399 e. The van der Waals surface area contributed by atoms with Crippen molar-refractivity contribution in [3.05, 3.63) is 35.9 Å². The van der Waals surface area contributed by atoms with Gasteiger partial charge in [0, 0.05) is 43.5 Å². The van der Waals surface area contributed by atoms with Gasteiger partial charge in [-0.3, -0.25) is 9.69 Å². The van der Waals surface area contributed by atoms with Crippen LogP contribution in [0, 0.1) is 0 Å². The lowest BCUT2D eigenvalue weighted by atomic mass is 10.0. The van der Waals surface area contributed by atoms with Crippen LogP contribution in [0.5, 0.6) is 0 Å². The Bertz CT molecular complexity index is 523. The van der Waals surface area contributed by atoms with E-state index in [0.717, 1.165) is 31.7 Å². The normalized spacial score (nSPS) is 17.4. The van der Waals surface area contributed by atoms with Crippen LogP contribution in [0.3, 0.4) is 0 Å². The van der Waals surface area contributed by atoms with Gasteiger partial charge in [-0.15, -0.1) is 0 Å². The fraction of sp³-hybridized carbons (Fsp3) is 0.471. The van der Waals surface area contributed by atoms with E-state index in [1.54, 1.807) is 6.08 Å². The molecule has 1 amide bonds. The predicted octanol–water partition coefficient (Wildman–Crippen LogP) is 2.22. The van der Waals surface area contributed by atoms with Gasteiger partial charge in [-0.05, 0) is 44.5 Å². The van der Waals surface area contributed by atoms with E-state index >= 15 is 0 Å². The monoisotopic (exact) mass is 287 g/mol. The zero-order valence-corrected chi connectivity index (χ0v) is 13.2. The Hall–Kier alpha value is -1.81. The molecule has 1 aliphatic heterocycles. The number of carbonyl (C=O) groups excluding carboxylic acids is 1. The molecular formula is C17H25N3O. The second-order valence-electron chi connectivity index (χ2n) is 6.49. The molecule has 1 aromatic carbocycles. The Morgan fingerprint density at radius 3 is 2.43 bits per heavy atom. The van der Waals surface area contributed by atoms with Gasteiger partial charge < -0.3 is 10.6 Å². The fourth-order valence-electron chi connectivity index (χ4n) is 2.53. The van der Waals surface area contributed by atoms with Crippen molar-refractivity contribution >= 4 is 17.7 Å². The van der Waals surface area contributed by atoms with Gasteiger partial charge in [0.1, 0.15) is 0 Å². The largest absolute Gasteiger partial charge is 0.399 e. The zero-order valence-electron chi connectivity index (χ0n) is 13.2. The number of hydrogen-bond acceptors (Lipinski definition) is 3. The Morgan fingerprint density at radius 1 is 1.19 bits per heavy atom. The molecule has 1 aromatic rings. The maximum Gasteiger partial charge on any atom is 0.246 e. The number of nitrogen functional groups attached to an aromatic ring is 1. The van der Waals surface area contributed by atoms with Crippen molar-refractivity contribution in [1.82, 2.24) is 9.80 Å². The molecule has 4 nitrogen and oxygen atoms in total. The first-order chi connectivity index (χ1) is 9.86. The number of benzene rings is 1. The number of rotatable bonds is 2. The van der Waals surface area contributed by atoms with Gasteiger partial charge in [0.05, 0.1) is 0 Å². The van der Waals surface area contributed by atoms with Crippen molar-refractivity contribution < 1.29 is 4.79 Å². The Kier molecular flexibility index (Phi) is 4.68. The lowest BCUT2D eigenvalue weighted by molar-refractivity contribution is -0.128. The van der Waals surface area contributed by atoms with Gasteiger partial charge in [0.15, 0.2) is 0 Å². The molecule has 0 radical (unpaired) electrons. The summed E-state index contributed by atoms with van der Waals surface area (Å²) in [5.41, 5.74) is 7.57. The minimum absolute atomic E-state index is 0.0750. The average Bonchev–Trinajstić information content (AvgIpc) is 2.44. The molecule has 114 valence electrons. The highest BCUT2D eigenvalue weighted by Crippen LogP contribution is 2.16. The number of hydrogen-bond donors (Lipinski definition) is 1. The van der Waals surface area contributed by atoms with Crippen molar-refractivity contribution in [3.8, 4) is 0 Å². The predicted molar refractivity (Wildman–Crippen MR) is 87.8 cm³/mol. The van der Waals surface area contributed by atoms with Crippen LogP contribution in [0.4, 0.5) is 5.69 Å². The maximum absolute atomic E-state index is 12.2. The van der Waals surface area contributed by atoms with Crippen molar-refractivity contribution in [2.75, 3.05) is 31.9 Å². The van der Waals surface area contributed by atoms with E-state index in [1.165, 1.54) is 0 Å². The maximum atomic E-state index is 12.2.